The Kier molecular flexibility index (Phi) is 4.61. The number of hydrogen-bond acceptors (Lipinski definition) is 0. The number of nitrogens with zero attached hydrogens (tertiary/aromatic N) is 1. The second-order valence-corrected chi connectivity index (χ2v) is 5.57. The smallest absolute Gasteiger partial charge is 0.104 e. The van der Waals surface area contributed by atoms with E-state index in [1.807, 2.05) is 0 Å². The van der Waals surface area contributed by atoms with Crippen LogP contribution in [0.5, 0.6) is 0 Å². The zero-order valence-electron chi connectivity index (χ0n) is 11.2. The quantitative estimate of drug-likeness (QED) is 0.514. The van der Waals surface area contributed by atoms with Gasteiger partial charge in [-0.05, 0) is 12.8 Å². The fraction of sp³-hybridized carbons (Fsp3) is 0.625. The summed E-state index contributed by atoms with van der Waals surface area (Å²) in [6, 6.07) is 11.0. The summed E-state index contributed by atoms with van der Waals surface area (Å²) in [6.45, 7) is 7.75. The van der Waals surface area contributed by atoms with Gasteiger partial charge in [-0.3, -0.25) is 0 Å². The topological polar surface area (TPSA) is 0 Å². The minimum Gasteiger partial charge on any atom is -0.320 e. The Labute approximate surface area is 106 Å². The van der Waals surface area contributed by atoms with Crippen LogP contribution >= 0.6 is 0 Å². The van der Waals surface area contributed by atoms with E-state index in [0.717, 1.165) is 0 Å². The number of hydrogen-bond donors (Lipinski definition) is 0. The first kappa shape index (κ1) is 12.6. The van der Waals surface area contributed by atoms with Crippen molar-refractivity contribution in [3.8, 4) is 0 Å². The molecule has 0 spiro atoms. The Hall–Kier alpha value is -0.820. The summed E-state index contributed by atoms with van der Waals surface area (Å²) < 4.78 is 1.35. The summed E-state index contributed by atoms with van der Waals surface area (Å²) in [5.74, 6) is 0. The molecule has 0 atom stereocenters. The zero-order valence-corrected chi connectivity index (χ0v) is 11.2. The average molecular weight is 232 g/mol. The van der Waals surface area contributed by atoms with Crippen LogP contribution in [0.2, 0.25) is 0 Å². The molecular formula is C16H26N+. The molecule has 0 aliphatic carbocycles. The second kappa shape index (κ2) is 6.20. The highest BCUT2D eigenvalue weighted by Crippen LogP contribution is 2.24. The predicted octanol–water partition coefficient (Wildman–Crippen LogP) is 3.99. The summed E-state index contributed by atoms with van der Waals surface area (Å²) in [5.41, 5.74) is 1.52. The molecule has 94 valence electrons. The molecule has 1 heterocycles. The van der Waals surface area contributed by atoms with E-state index in [0.29, 0.717) is 0 Å². The molecule has 1 saturated heterocycles. The Balaban J connectivity index is 1.96. The van der Waals surface area contributed by atoms with Crippen LogP contribution < -0.4 is 0 Å². The molecule has 0 radical (unpaired) electrons. The molecule has 1 nitrogen and oxygen atoms in total. The summed E-state index contributed by atoms with van der Waals surface area (Å²) in [6.07, 6.45) is 7.00. The highest BCUT2D eigenvalue weighted by atomic mass is 15.4. The first-order valence-electron chi connectivity index (χ1n) is 7.24. The fourth-order valence-electron chi connectivity index (χ4n) is 3.13. The molecular weight excluding hydrogens is 206 g/mol. The molecule has 1 aromatic rings. The molecule has 0 saturated carbocycles. The van der Waals surface area contributed by atoms with Gasteiger partial charge >= 0.3 is 0 Å². The predicted molar refractivity (Wildman–Crippen MR) is 73.8 cm³/mol. The highest BCUT2D eigenvalue weighted by molar-refractivity contribution is 5.13. The molecule has 1 aromatic carbocycles. The lowest BCUT2D eigenvalue weighted by Crippen LogP contribution is -2.45. The van der Waals surface area contributed by atoms with E-state index in [2.05, 4.69) is 37.3 Å². The number of benzene rings is 1. The standard InChI is InChI=1S/C16H26N/c1-2-3-7-12-17(13-8-9-14-17)15-16-10-5-4-6-11-16/h4-6,10-11H,2-3,7-9,12-15H2,1H3/q+1. The van der Waals surface area contributed by atoms with Crippen molar-refractivity contribution >= 4 is 0 Å². The van der Waals surface area contributed by atoms with Crippen molar-refractivity contribution in [1.82, 2.24) is 0 Å². The van der Waals surface area contributed by atoms with Crippen LogP contribution in [0.3, 0.4) is 0 Å². The number of likely N-dealkylation sites (tertiary alicyclic amines) is 1. The van der Waals surface area contributed by atoms with E-state index < -0.39 is 0 Å². The SMILES string of the molecule is CCCCC[N+]1(Cc2ccccc2)CCCC1. The Bertz CT molecular complexity index is 312. The number of rotatable bonds is 6. The van der Waals surface area contributed by atoms with Gasteiger partial charge in [0.25, 0.3) is 0 Å². The first-order valence-corrected chi connectivity index (χ1v) is 7.24. The maximum absolute atomic E-state index is 2.30. The molecule has 0 bridgehead atoms. The van der Waals surface area contributed by atoms with Gasteiger partial charge in [0, 0.05) is 18.4 Å². The van der Waals surface area contributed by atoms with Gasteiger partial charge in [0.05, 0.1) is 19.6 Å². The Morgan fingerprint density at radius 2 is 1.71 bits per heavy atom. The van der Waals surface area contributed by atoms with Crippen molar-refractivity contribution in [1.29, 1.82) is 0 Å². The molecule has 1 aliphatic rings. The fourth-order valence-corrected chi connectivity index (χ4v) is 3.13. The highest BCUT2D eigenvalue weighted by Gasteiger charge is 2.31. The van der Waals surface area contributed by atoms with Crippen molar-refractivity contribution < 1.29 is 4.48 Å². The van der Waals surface area contributed by atoms with Crippen LogP contribution in [-0.2, 0) is 6.54 Å². The van der Waals surface area contributed by atoms with E-state index in [1.165, 1.54) is 68.3 Å². The molecule has 0 amide bonds. The largest absolute Gasteiger partial charge is 0.320 e. The lowest BCUT2D eigenvalue weighted by molar-refractivity contribution is -0.930. The van der Waals surface area contributed by atoms with E-state index >= 15 is 0 Å². The lowest BCUT2D eigenvalue weighted by atomic mass is 10.1. The monoisotopic (exact) mass is 232 g/mol. The average Bonchev–Trinajstić information content (AvgIpc) is 2.80. The molecule has 1 aliphatic heterocycles. The van der Waals surface area contributed by atoms with Crippen LogP contribution in [0.15, 0.2) is 30.3 Å². The van der Waals surface area contributed by atoms with Crippen molar-refractivity contribution in [2.24, 2.45) is 0 Å². The van der Waals surface area contributed by atoms with Crippen molar-refractivity contribution in [2.45, 2.75) is 45.6 Å². The molecule has 0 aromatic heterocycles. The van der Waals surface area contributed by atoms with Gasteiger partial charge in [0.15, 0.2) is 0 Å². The summed E-state index contributed by atoms with van der Waals surface area (Å²) in [4.78, 5) is 0. The van der Waals surface area contributed by atoms with Crippen LogP contribution in [0.4, 0.5) is 0 Å². The van der Waals surface area contributed by atoms with Crippen LogP contribution in [0.25, 0.3) is 0 Å². The van der Waals surface area contributed by atoms with Crippen molar-refractivity contribution in [2.75, 3.05) is 19.6 Å². The summed E-state index contributed by atoms with van der Waals surface area (Å²) >= 11 is 0. The van der Waals surface area contributed by atoms with Gasteiger partial charge in [-0.25, -0.2) is 0 Å². The third-order valence-corrected chi connectivity index (χ3v) is 4.11. The zero-order chi connectivity index (χ0) is 12.0. The summed E-state index contributed by atoms with van der Waals surface area (Å²) in [5, 5.41) is 0. The minimum absolute atomic E-state index is 1.25. The van der Waals surface area contributed by atoms with Crippen molar-refractivity contribution in [3.63, 3.8) is 0 Å². The van der Waals surface area contributed by atoms with Gasteiger partial charge < -0.3 is 4.48 Å². The molecule has 0 N–H and O–H groups in total. The van der Waals surface area contributed by atoms with Crippen LogP contribution in [0.1, 0.15) is 44.6 Å². The number of quaternary nitrogens is 1. The molecule has 0 unspecified atom stereocenters. The van der Waals surface area contributed by atoms with E-state index in [1.54, 1.807) is 0 Å². The van der Waals surface area contributed by atoms with E-state index in [-0.39, 0.29) is 0 Å². The Morgan fingerprint density at radius 1 is 1.00 bits per heavy atom. The lowest BCUT2D eigenvalue weighted by Gasteiger charge is -2.34. The normalized spacial score (nSPS) is 18.4. The maximum Gasteiger partial charge on any atom is 0.104 e. The maximum atomic E-state index is 2.30. The third kappa shape index (κ3) is 3.57. The van der Waals surface area contributed by atoms with E-state index in [4.69, 9.17) is 0 Å². The number of unbranched alkanes of at least 4 members (excludes halogenated alkanes) is 2. The van der Waals surface area contributed by atoms with E-state index in [9.17, 15) is 0 Å². The molecule has 17 heavy (non-hydrogen) atoms. The Morgan fingerprint density at radius 3 is 2.35 bits per heavy atom. The van der Waals surface area contributed by atoms with Crippen molar-refractivity contribution in [3.05, 3.63) is 35.9 Å². The van der Waals surface area contributed by atoms with Gasteiger partial charge in [-0.15, -0.1) is 0 Å². The molecule has 1 heteroatoms. The second-order valence-electron chi connectivity index (χ2n) is 5.57. The van der Waals surface area contributed by atoms with Gasteiger partial charge in [0.1, 0.15) is 6.54 Å². The minimum atomic E-state index is 1.25. The van der Waals surface area contributed by atoms with Gasteiger partial charge in [-0.2, -0.15) is 0 Å². The first-order chi connectivity index (χ1) is 8.35. The summed E-state index contributed by atoms with van der Waals surface area (Å²) in [7, 11) is 0. The van der Waals surface area contributed by atoms with Crippen LogP contribution in [-0.4, -0.2) is 24.1 Å². The van der Waals surface area contributed by atoms with Crippen LogP contribution in [0, 0.1) is 0 Å². The molecule has 2 rings (SSSR count). The van der Waals surface area contributed by atoms with Gasteiger partial charge in [0.2, 0.25) is 0 Å². The third-order valence-electron chi connectivity index (χ3n) is 4.11. The molecule has 1 fully saturated rings. The van der Waals surface area contributed by atoms with Gasteiger partial charge in [-0.1, -0.05) is 43.7 Å².